The highest BCUT2D eigenvalue weighted by atomic mass is 16.2. The minimum Gasteiger partial charge on any atom is -0.333 e. The highest BCUT2D eigenvalue weighted by Crippen LogP contribution is 2.23. The summed E-state index contributed by atoms with van der Waals surface area (Å²) in [5.74, 6) is 2.78. The van der Waals surface area contributed by atoms with Gasteiger partial charge >= 0.3 is 6.03 Å². The molecule has 152 valence electrons. The highest BCUT2D eigenvalue weighted by molar-refractivity contribution is 5.75. The monoisotopic (exact) mass is 385 g/mol. The lowest BCUT2D eigenvalue weighted by molar-refractivity contribution is 0.163. The molecule has 3 N–H and O–H groups in total. The molecule has 8 heteroatoms. The second-order valence-corrected chi connectivity index (χ2v) is 8.67. The van der Waals surface area contributed by atoms with Gasteiger partial charge in [0, 0.05) is 42.1 Å². The highest BCUT2D eigenvalue weighted by Gasteiger charge is 2.25. The fourth-order valence-corrected chi connectivity index (χ4v) is 3.45. The van der Waals surface area contributed by atoms with Crippen molar-refractivity contribution in [3.05, 3.63) is 29.3 Å². The van der Waals surface area contributed by atoms with E-state index in [2.05, 4.69) is 30.8 Å². The van der Waals surface area contributed by atoms with Crippen molar-refractivity contribution in [3.8, 4) is 0 Å². The summed E-state index contributed by atoms with van der Waals surface area (Å²) in [5, 5.41) is 13.4. The van der Waals surface area contributed by atoms with Crippen LogP contribution >= 0.6 is 0 Å². The van der Waals surface area contributed by atoms with Gasteiger partial charge in [-0.05, 0) is 59.8 Å². The molecule has 2 aromatic heterocycles. The molecule has 1 aliphatic rings. The predicted molar refractivity (Wildman–Crippen MR) is 110 cm³/mol. The first-order valence-electron chi connectivity index (χ1n) is 9.88. The largest absolute Gasteiger partial charge is 0.333 e. The number of piperidine rings is 1. The Labute approximate surface area is 166 Å². The van der Waals surface area contributed by atoms with Crippen LogP contribution in [0.5, 0.6) is 0 Å². The predicted octanol–water partition coefficient (Wildman–Crippen LogP) is 3.32. The van der Waals surface area contributed by atoms with Crippen molar-refractivity contribution in [1.82, 2.24) is 30.4 Å². The Morgan fingerprint density at radius 2 is 1.89 bits per heavy atom. The second-order valence-electron chi connectivity index (χ2n) is 8.67. The van der Waals surface area contributed by atoms with Crippen LogP contribution in [-0.2, 0) is 6.42 Å². The maximum absolute atomic E-state index is 12.3. The Kier molecular flexibility index (Phi) is 5.86. The number of nitrogens with zero attached hydrogens (tertiary/aromatic N) is 4. The summed E-state index contributed by atoms with van der Waals surface area (Å²) >= 11 is 0. The van der Waals surface area contributed by atoms with Crippen molar-refractivity contribution in [1.29, 1.82) is 0 Å². The van der Waals surface area contributed by atoms with Crippen molar-refractivity contribution in [3.63, 3.8) is 0 Å². The van der Waals surface area contributed by atoms with E-state index in [-0.39, 0.29) is 11.6 Å². The molecule has 0 unspecified atom stereocenters. The Bertz CT molecular complexity index is 816. The molecule has 0 bridgehead atoms. The van der Waals surface area contributed by atoms with Crippen LogP contribution in [0.25, 0.3) is 0 Å². The van der Waals surface area contributed by atoms with Crippen LogP contribution in [0.3, 0.4) is 0 Å². The first-order valence-corrected chi connectivity index (χ1v) is 9.88. The van der Waals surface area contributed by atoms with Crippen LogP contribution in [0.2, 0.25) is 0 Å². The third kappa shape index (κ3) is 5.68. The number of hydrogen-bond donors (Lipinski definition) is 3. The van der Waals surface area contributed by atoms with Crippen LogP contribution < -0.4 is 10.6 Å². The summed E-state index contributed by atoms with van der Waals surface area (Å²) in [6.45, 7) is 11.5. The third-order valence-corrected chi connectivity index (χ3v) is 4.73. The van der Waals surface area contributed by atoms with E-state index in [4.69, 9.17) is 0 Å². The van der Waals surface area contributed by atoms with Gasteiger partial charge in [-0.3, -0.25) is 5.10 Å². The summed E-state index contributed by atoms with van der Waals surface area (Å²) in [6.07, 6.45) is 2.87. The maximum atomic E-state index is 12.3. The average Bonchev–Trinajstić information content (AvgIpc) is 2.98. The van der Waals surface area contributed by atoms with Gasteiger partial charge in [-0.15, -0.1) is 0 Å². The van der Waals surface area contributed by atoms with Gasteiger partial charge in [0.1, 0.15) is 11.6 Å². The Balaban J connectivity index is 1.57. The standard InChI is InChI=1S/C20H31N7O/c1-13-10-18(26-25-13)23-17-12-16(21-14(2)22-17)11-15-6-8-27(9-7-15)19(28)24-20(3,4)5/h10,12,15H,6-9,11H2,1-5H3,(H,24,28)(H2,21,22,23,25,26). The summed E-state index contributed by atoms with van der Waals surface area (Å²) < 4.78 is 0. The zero-order chi connectivity index (χ0) is 20.3. The molecule has 0 atom stereocenters. The number of anilines is 2. The number of aryl methyl sites for hydroxylation is 2. The van der Waals surface area contributed by atoms with E-state index >= 15 is 0 Å². The summed E-state index contributed by atoms with van der Waals surface area (Å²) in [5.41, 5.74) is 1.82. The lowest BCUT2D eigenvalue weighted by Gasteiger charge is -2.34. The maximum Gasteiger partial charge on any atom is 0.317 e. The molecule has 0 aromatic carbocycles. The number of likely N-dealkylation sites (tertiary alicyclic amines) is 1. The fraction of sp³-hybridized carbons (Fsp3) is 0.600. The minimum absolute atomic E-state index is 0.0320. The molecular weight excluding hydrogens is 354 g/mol. The van der Waals surface area contributed by atoms with Gasteiger partial charge in [-0.25, -0.2) is 14.8 Å². The normalized spacial score (nSPS) is 15.5. The molecule has 0 spiro atoms. The van der Waals surface area contributed by atoms with E-state index in [9.17, 15) is 4.79 Å². The van der Waals surface area contributed by atoms with E-state index in [1.165, 1.54) is 0 Å². The van der Waals surface area contributed by atoms with Crippen molar-refractivity contribution in [2.24, 2.45) is 5.92 Å². The summed E-state index contributed by atoms with van der Waals surface area (Å²) in [6, 6.07) is 3.97. The van der Waals surface area contributed by atoms with Crippen LogP contribution in [0.1, 0.15) is 50.8 Å². The molecule has 0 radical (unpaired) electrons. The lowest BCUT2D eigenvalue weighted by atomic mass is 9.92. The molecule has 1 fully saturated rings. The zero-order valence-electron chi connectivity index (χ0n) is 17.5. The summed E-state index contributed by atoms with van der Waals surface area (Å²) in [7, 11) is 0. The van der Waals surface area contributed by atoms with Gasteiger partial charge in [0.05, 0.1) is 0 Å². The number of carbonyl (C=O) groups excluding carboxylic acids is 1. The first kappa shape index (κ1) is 20.1. The van der Waals surface area contributed by atoms with Gasteiger partial charge < -0.3 is 15.5 Å². The minimum atomic E-state index is -0.206. The molecular formula is C20H31N7O. The van der Waals surface area contributed by atoms with E-state index in [0.29, 0.717) is 5.92 Å². The van der Waals surface area contributed by atoms with Crippen molar-refractivity contribution < 1.29 is 4.79 Å². The number of rotatable bonds is 4. The van der Waals surface area contributed by atoms with Crippen LogP contribution in [0, 0.1) is 19.8 Å². The Morgan fingerprint density at radius 1 is 1.18 bits per heavy atom. The first-order chi connectivity index (χ1) is 13.2. The van der Waals surface area contributed by atoms with Crippen LogP contribution in [0.4, 0.5) is 16.4 Å². The summed E-state index contributed by atoms with van der Waals surface area (Å²) in [4.78, 5) is 23.3. The number of aromatic amines is 1. The lowest BCUT2D eigenvalue weighted by Crippen LogP contribution is -2.50. The Hall–Kier alpha value is -2.64. The van der Waals surface area contributed by atoms with Crippen molar-refractivity contribution in [2.45, 2.75) is 59.4 Å². The number of hydrogen-bond acceptors (Lipinski definition) is 5. The Morgan fingerprint density at radius 3 is 2.50 bits per heavy atom. The molecule has 3 heterocycles. The zero-order valence-corrected chi connectivity index (χ0v) is 17.5. The average molecular weight is 386 g/mol. The molecule has 0 saturated carbocycles. The number of urea groups is 1. The van der Waals surface area contributed by atoms with E-state index in [0.717, 1.165) is 61.2 Å². The van der Waals surface area contributed by atoms with Gasteiger partial charge in [0.25, 0.3) is 0 Å². The fourth-order valence-electron chi connectivity index (χ4n) is 3.45. The molecule has 1 saturated heterocycles. The molecule has 2 amide bonds. The van der Waals surface area contributed by atoms with E-state index in [1.54, 1.807) is 0 Å². The molecule has 2 aromatic rings. The van der Waals surface area contributed by atoms with E-state index < -0.39 is 0 Å². The van der Waals surface area contributed by atoms with Gasteiger partial charge in [-0.2, -0.15) is 5.10 Å². The number of nitrogens with one attached hydrogen (secondary N) is 3. The van der Waals surface area contributed by atoms with Crippen LogP contribution in [0.15, 0.2) is 12.1 Å². The number of amides is 2. The van der Waals surface area contributed by atoms with Gasteiger partial charge in [0.2, 0.25) is 0 Å². The number of H-pyrrole nitrogens is 1. The van der Waals surface area contributed by atoms with E-state index in [1.807, 2.05) is 51.7 Å². The van der Waals surface area contributed by atoms with Crippen molar-refractivity contribution in [2.75, 3.05) is 18.4 Å². The number of carbonyl (C=O) groups is 1. The smallest absolute Gasteiger partial charge is 0.317 e. The van der Waals surface area contributed by atoms with Crippen molar-refractivity contribution >= 4 is 17.7 Å². The molecule has 0 aliphatic carbocycles. The molecule has 28 heavy (non-hydrogen) atoms. The quantitative estimate of drug-likeness (QED) is 0.750. The molecule has 1 aliphatic heterocycles. The SMILES string of the molecule is Cc1nc(CC2CCN(C(=O)NC(C)(C)C)CC2)cc(Nc2cc(C)[nH]n2)n1. The molecule has 3 rings (SSSR count). The number of aromatic nitrogens is 4. The van der Waals surface area contributed by atoms with Crippen LogP contribution in [-0.4, -0.2) is 49.7 Å². The van der Waals surface area contributed by atoms with Gasteiger partial charge in [0.15, 0.2) is 5.82 Å². The third-order valence-electron chi connectivity index (χ3n) is 4.73. The second kappa shape index (κ2) is 8.16. The van der Waals surface area contributed by atoms with Gasteiger partial charge in [-0.1, -0.05) is 0 Å². The topological polar surface area (TPSA) is 98.8 Å². The molecule has 8 nitrogen and oxygen atoms in total.